The molecule has 4 rings (SSSR count). The Kier molecular flexibility index (Phi) is 6.92. The monoisotopic (exact) mass is 436 g/mol. The summed E-state index contributed by atoms with van der Waals surface area (Å²) in [5.74, 6) is 2.05. The highest BCUT2D eigenvalue weighted by molar-refractivity contribution is 7.99. The molecule has 1 aliphatic rings. The summed E-state index contributed by atoms with van der Waals surface area (Å²) >= 11 is 1.43. The van der Waals surface area contributed by atoms with Gasteiger partial charge in [-0.3, -0.25) is 9.36 Å². The van der Waals surface area contributed by atoms with Crippen molar-refractivity contribution < 1.29 is 9.53 Å². The number of hydrogen-bond donors (Lipinski definition) is 0. The van der Waals surface area contributed by atoms with Gasteiger partial charge in [-0.25, -0.2) is 0 Å². The van der Waals surface area contributed by atoms with Crippen LogP contribution in [-0.2, 0) is 11.4 Å². The number of piperidine rings is 1. The summed E-state index contributed by atoms with van der Waals surface area (Å²) in [6.45, 7) is 5.30. The number of aromatic nitrogens is 3. The van der Waals surface area contributed by atoms with Gasteiger partial charge in [0, 0.05) is 18.3 Å². The Morgan fingerprint density at radius 1 is 1.10 bits per heavy atom. The van der Waals surface area contributed by atoms with E-state index in [4.69, 9.17) is 4.74 Å². The molecule has 0 aliphatic carbocycles. The highest BCUT2D eigenvalue weighted by Gasteiger charge is 2.24. The van der Waals surface area contributed by atoms with Gasteiger partial charge in [0.15, 0.2) is 11.0 Å². The lowest BCUT2D eigenvalue weighted by Gasteiger charge is -2.33. The lowest BCUT2D eigenvalue weighted by atomic mass is 10.0. The zero-order chi connectivity index (χ0) is 21.6. The maximum atomic E-state index is 12.8. The Balaban J connectivity index is 1.52. The van der Waals surface area contributed by atoms with Crippen LogP contribution < -0.4 is 4.74 Å². The van der Waals surface area contributed by atoms with E-state index < -0.39 is 0 Å². The average molecular weight is 437 g/mol. The zero-order valence-electron chi connectivity index (χ0n) is 18.0. The number of thioether (sulfide) groups is 1. The van der Waals surface area contributed by atoms with Gasteiger partial charge >= 0.3 is 0 Å². The number of amides is 1. The van der Waals surface area contributed by atoms with Gasteiger partial charge in [-0.1, -0.05) is 48.2 Å². The normalized spacial score (nSPS) is 16.3. The van der Waals surface area contributed by atoms with E-state index in [1.54, 1.807) is 0 Å². The predicted molar refractivity (Wildman–Crippen MR) is 123 cm³/mol. The number of benzene rings is 2. The van der Waals surface area contributed by atoms with Crippen LogP contribution in [0.2, 0.25) is 0 Å². The first-order valence-electron chi connectivity index (χ1n) is 10.7. The first-order chi connectivity index (χ1) is 15.1. The molecule has 0 N–H and O–H groups in total. The molecule has 0 spiro atoms. The number of nitrogens with zero attached hydrogens (tertiary/aromatic N) is 4. The molecule has 7 heteroatoms. The van der Waals surface area contributed by atoms with Crippen LogP contribution in [0.5, 0.6) is 5.75 Å². The molecule has 1 aliphatic heterocycles. The van der Waals surface area contributed by atoms with Gasteiger partial charge in [0.1, 0.15) is 12.4 Å². The van der Waals surface area contributed by atoms with Gasteiger partial charge in [0.05, 0.1) is 5.75 Å². The summed E-state index contributed by atoms with van der Waals surface area (Å²) in [6.07, 6.45) is 3.36. The maximum absolute atomic E-state index is 12.8. The van der Waals surface area contributed by atoms with E-state index in [-0.39, 0.29) is 5.91 Å². The molecule has 2 heterocycles. The molecule has 2 aromatic carbocycles. The third-order valence-corrected chi connectivity index (χ3v) is 6.53. The molecule has 1 saturated heterocycles. The molecule has 0 radical (unpaired) electrons. The SMILES string of the molecule is Cc1ccccc1OCc1nnc(SCC(=O)N2CCCCC2C)n1-c1ccccc1. The predicted octanol–water partition coefficient (Wildman–Crippen LogP) is 4.65. The molecule has 1 amide bonds. The second kappa shape index (κ2) is 10.0. The van der Waals surface area contributed by atoms with Crippen LogP contribution in [0.4, 0.5) is 0 Å². The molecular weight excluding hydrogens is 408 g/mol. The Morgan fingerprint density at radius 2 is 1.87 bits per heavy atom. The fourth-order valence-corrected chi connectivity index (χ4v) is 4.72. The van der Waals surface area contributed by atoms with Gasteiger partial charge < -0.3 is 9.64 Å². The van der Waals surface area contributed by atoms with E-state index in [2.05, 4.69) is 17.1 Å². The van der Waals surface area contributed by atoms with Crippen molar-refractivity contribution in [3.8, 4) is 11.4 Å². The summed E-state index contributed by atoms with van der Waals surface area (Å²) in [6, 6.07) is 18.2. The van der Waals surface area contributed by atoms with Gasteiger partial charge in [0.2, 0.25) is 5.91 Å². The molecule has 6 nitrogen and oxygen atoms in total. The molecule has 0 bridgehead atoms. The van der Waals surface area contributed by atoms with E-state index in [9.17, 15) is 4.79 Å². The third-order valence-electron chi connectivity index (χ3n) is 5.61. The first-order valence-corrected chi connectivity index (χ1v) is 11.7. The molecular formula is C24H28N4O2S. The van der Waals surface area contributed by atoms with Crippen molar-refractivity contribution in [2.45, 2.75) is 50.9 Å². The number of para-hydroxylation sites is 2. The standard InChI is InChI=1S/C24H28N4O2S/c1-18-10-6-7-14-21(18)30-16-22-25-26-24(28(22)20-12-4-3-5-13-20)31-17-23(29)27-15-9-8-11-19(27)2/h3-7,10,12-14,19H,8-9,11,15-17H2,1-2H3. The summed E-state index contributed by atoms with van der Waals surface area (Å²) in [4.78, 5) is 14.8. The van der Waals surface area contributed by atoms with Crippen molar-refractivity contribution in [3.63, 3.8) is 0 Å². The highest BCUT2D eigenvalue weighted by atomic mass is 32.2. The van der Waals surface area contributed by atoms with Gasteiger partial charge in [-0.15, -0.1) is 10.2 Å². The fraction of sp³-hybridized carbons (Fsp3) is 0.375. The van der Waals surface area contributed by atoms with Crippen LogP contribution in [-0.4, -0.2) is 43.9 Å². The van der Waals surface area contributed by atoms with Crippen LogP contribution in [0.25, 0.3) is 5.69 Å². The molecule has 0 saturated carbocycles. The van der Waals surface area contributed by atoms with E-state index in [1.165, 1.54) is 18.2 Å². The lowest BCUT2D eigenvalue weighted by Crippen LogP contribution is -2.42. The van der Waals surface area contributed by atoms with Crippen LogP contribution in [0.3, 0.4) is 0 Å². The second-order valence-corrected chi connectivity index (χ2v) is 8.79. The topological polar surface area (TPSA) is 60.3 Å². The van der Waals surface area contributed by atoms with Crippen molar-refractivity contribution in [2.75, 3.05) is 12.3 Å². The molecule has 1 atom stereocenters. The Hall–Kier alpha value is -2.80. The number of hydrogen-bond acceptors (Lipinski definition) is 5. The van der Waals surface area contributed by atoms with Crippen molar-refractivity contribution in [1.82, 2.24) is 19.7 Å². The summed E-state index contributed by atoms with van der Waals surface area (Å²) in [7, 11) is 0. The Morgan fingerprint density at radius 3 is 2.65 bits per heavy atom. The number of carbonyl (C=O) groups excluding carboxylic acids is 1. The Bertz CT molecular complexity index is 1020. The van der Waals surface area contributed by atoms with Crippen molar-refractivity contribution in [1.29, 1.82) is 0 Å². The third kappa shape index (κ3) is 5.10. The van der Waals surface area contributed by atoms with Gasteiger partial charge in [-0.05, 0) is 56.9 Å². The lowest BCUT2D eigenvalue weighted by molar-refractivity contribution is -0.131. The van der Waals surface area contributed by atoms with Crippen molar-refractivity contribution >= 4 is 17.7 Å². The van der Waals surface area contributed by atoms with Gasteiger partial charge in [0.25, 0.3) is 0 Å². The minimum atomic E-state index is 0.164. The van der Waals surface area contributed by atoms with Crippen molar-refractivity contribution in [2.24, 2.45) is 0 Å². The number of ether oxygens (including phenoxy) is 1. The minimum absolute atomic E-state index is 0.164. The highest BCUT2D eigenvalue weighted by Crippen LogP contribution is 2.25. The minimum Gasteiger partial charge on any atom is -0.485 e. The quantitative estimate of drug-likeness (QED) is 0.505. The summed E-state index contributed by atoms with van der Waals surface area (Å²) in [5.41, 5.74) is 2.03. The van der Waals surface area contributed by atoms with Gasteiger partial charge in [-0.2, -0.15) is 0 Å². The molecule has 3 aromatic rings. The number of carbonyl (C=O) groups is 1. The fourth-order valence-electron chi connectivity index (χ4n) is 3.86. The van der Waals surface area contributed by atoms with Crippen LogP contribution in [0.1, 0.15) is 37.6 Å². The van der Waals surface area contributed by atoms with E-state index in [0.29, 0.717) is 29.4 Å². The second-order valence-electron chi connectivity index (χ2n) is 7.84. The van der Waals surface area contributed by atoms with E-state index in [1.807, 2.05) is 71.0 Å². The Labute approximate surface area is 187 Å². The molecule has 162 valence electrons. The molecule has 1 aromatic heterocycles. The summed E-state index contributed by atoms with van der Waals surface area (Å²) in [5, 5.41) is 9.47. The number of aryl methyl sites for hydroxylation is 1. The maximum Gasteiger partial charge on any atom is 0.233 e. The molecule has 1 unspecified atom stereocenters. The first kappa shape index (κ1) is 21.4. The smallest absolute Gasteiger partial charge is 0.233 e. The van der Waals surface area contributed by atoms with Crippen molar-refractivity contribution in [3.05, 3.63) is 66.0 Å². The van der Waals surface area contributed by atoms with Crippen LogP contribution in [0, 0.1) is 6.92 Å². The van der Waals surface area contributed by atoms with E-state index in [0.717, 1.165) is 36.4 Å². The molecule has 1 fully saturated rings. The average Bonchev–Trinajstić information content (AvgIpc) is 3.20. The largest absolute Gasteiger partial charge is 0.485 e. The molecule has 31 heavy (non-hydrogen) atoms. The zero-order valence-corrected chi connectivity index (χ0v) is 18.8. The van der Waals surface area contributed by atoms with E-state index >= 15 is 0 Å². The van der Waals surface area contributed by atoms with Crippen LogP contribution in [0.15, 0.2) is 59.8 Å². The number of likely N-dealkylation sites (tertiary alicyclic amines) is 1. The van der Waals surface area contributed by atoms with Crippen LogP contribution >= 0.6 is 11.8 Å². The number of rotatable bonds is 7. The summed E-state index contributed by atoms with van der Waals surface area (Å²) < 4.78 is 8.01.